The molecule has 0 fully saturated rings. The van der Waals surface area contributed by atoms with Gasteiger partial charge >= 0.3 is 5.91 Å². The Morgan fingerprint density at radius 1 is 0.968 bits per heavy atom. The number of methoxy groups -OCH3 is 1. The van der Waals surface area contributed by atoms with Crippen LogP contribution in [-0.2, 0) is 6.54 Å². The standard InChI is InChI=1S/C23H20N4O4/c1-16(28)19-12-8-13-20(22(19)31-18-10-4-3-5-11-18)23(29)27(26-25-24)15-17-9-6-7-14-21(17)30-2/h3-14H,15H2,1-2H3. The first-order chi connectivity index (χ1) is 15.0. The monoisotopic (exact) mass is 416 g/mol. The average Bonchev–Trinajstić information content (AvgIpc) is 2.79. The molecule has 156 valence electrons. The van der Waals surface area contributed by atoms with E-state index in [0.29, 0.717) is 17.1 Å². The summed E-state index contributed by atoms with van der Waals surface area (Å²) in [5.74, 6) is 0.236. The largest absolute Gasteiger partial charge is 0.496 e. The summed E-state index contributed by atoms with van der Waals surface area (Å²) < 4.78 is 11.2. The van der Waals surface area contributed by atoms with Crippen molar-refractivity contribution in [2.24, 2.45) is 5.22 Å². The Labute approximate surface area is 179 Å². The molecule has 0 heterocycles. The van der Waals surface area contributed by atoms with Gasteiger partial charge in [-0.25, -0.2) is 4.79 Å². The highest BCUT2D eigenvalue weighted by molar-refractivity contribution is 6.04. The quantitative estimate of drug-likeness (QED) is 0.158. The van der Waals surface area contributed by atoms with Crippen LogP contribution in [0.1, 0.15) is 33.2 Å². The van der Waals surface area contributed by atoms with E-state index in [2.05, 4.69) is 10.1 Å². The number of carbonyl (C=O) groups excluding carboxylic acids is 2. The molecule has 0 saturated carbocycles. The Morgan fingerprint density at radius 3 is 2.32 bits per heavy atom. The zero-order chi connectivity index (χ0) is 22.2. The smallest absolute Gasteiger partial charge is 0.348 e. The molecule has 8 heteroatoms. The lowest BCUT2D eigenvalue weighted by molar-refractivity contribution is 0.0740. The van der Waals surface area contributed by atoms with E-state index in [1.165, 1.54) is 20.1 Å². The first-order valence-electron chi connectivity index (χ1n) is 9.40. The molecular formula is C23H20N4O4. The summed E-state index contributed by atoms with van der Waals surface area (Å²) in [5.41, 5.74) is 10.0. The van der Waals surface area contributed by atoms with Gasteiger partial charge in [-0.1, -0.05) is 42.5 Å². The van der Waals surface area contributed by atoms with Crippen LogP contribution in [0.25, 0.3) is 10.4 Å². The van der Waals surface area contributed by atoms with Gasteiger partial charge in [-0.3, -0.25) is 4.79 Å². The van der Waals surface area contributed by atoms with Gasteiger partial charge in [0.25, 0.3) is 0 Å². The van der Waals surface area contributed by atoms with Crippen molar-refractivity contribution in [2.45, 2.75) is 13.5 Å². The van der Waals surface area contributed by atoms with Crippen molar-refractivity contribution < 1.29 is 19.1 Å². The highest BCUT2D eigenvalue weighted by Gasteiger charge is 2.27. The predicted octanol–water partition coefficient (Wildman–Crippen LogP) is 5.56. The number of ketones is 1. The summed E-state index contributed by atoms with van der Waals surface area (Å²) >= 11 is 0. The first kappa shape index (κ1) is 21.4. The van der Waals surface area contributed by atoms with Gasteiger partial charge in [-0.2, -0.15) is 9.92 Å². The molecule has 0 aliphatic carbocycles. The zero-order valence-electron chi connectivity index (χ0n) is 17.1. The number of benzene rings is 3. The van der Waals surface area contributed by atoms with E-state index in [0.717, 1.165) is 5.01 Å². The minimum absolute atomic E-state index is 0.0258. The topological polar surface area (TPSA) is 105 Å². The summed E-state index contributed by atoms with van der Waals surface area (Å²) in [5, 5.41) is 4.53. The Morgan fingerprint density at radius 2 is 1.65 bits per heavy atom. The summed E-state index contributed by atoms with van der Waals surface area (Å²) in [6.07, 6.45) is 0. The molecule has 0 aromatic heterocycles. The molecule has 31 heavy (non-hydrogen) atoms. The second-order valence-corrected chi connectivity index (χ2v) is 6.51. The molecule has 0 spiro atoms. The molecule has 0 aliphatic heterocycles. The van der Waals surface area contributed by atoms with E-state index in [-0.39, 0.29) is 29.2 Å². The summed E-state index contributed by atoms with van der Waals surface area (Å²) in [6, 6.07) is 20.6. The van der Waals surface area contributed by atoms with Crippen molar-refractivity contribution >= 4 is 11.7 Å². The van der Waals surface area contributed by atoms with E-state index >= 15 is 0 Å². The maximum Gasteiger partial charge on any atom is 0.348 e. The molecular weight excluding hydrogens is 396 g/mol. The second kappa shape index (κ2) is 9.96. The van der Waals surface area contributed by atoms with Crippen LogP contribution in [0, 0.1) is 0 Å². The van der Waals surface area contributed by atoms with Crippen molar-refractivity contribution in [1.82, 2.24) is 5.01 Å². The van der Waals surface area contributed by atoms with Gasteiger partial charge in [-0.05, 0) is 42.5 Å². The van der Waals surface area contributed by atoms with Crippen LogP contribution >= 0.6 is 0 Å². The second-order valence-electron chi connectivity index (χ2n) is 6.51. The molecule has 0 N–H and O–H groups in total. The molecule has 0 bridgehead atoms. The lowest BCUT2D eigenvalue weighted by Crippen LogP contribution is -2.26. The van der Waals surface area contributed by atoms with Crippen molar-refractivity contribution in [2.75, 3.05) is 7.11 Å². The minimum atomic E-state index is -0.613. The molecule has 3 aromatic rings. The van der Waals surface area contributed by atoms with Gasteiger partial charge in [0.2, 0.25) is 0 Å². The third-order valence-electron chi connectivity index (χ3n) is 4.48. The van der Waals surface area contributed by atoms with Crippen molar-refractivity contribution in [1.29, 1.82) is 0 Å². The van der Waals surface area contributed by atoms with Gasteiger partial charge in [-0.15, -0.1) is 5.53 Å². The van der Waals surface area contributed by atoms with E-state index in [1.807, 2.05) is 6.07 Å². The van der Waals surface area contributed by atoms with Crippen LogP contribution in [0.3, 0.4) is 0 Å². The number of Topliss-reactive ketones (excluding diaryl/α,β-unsaturated/α-hetero) is 1. The molecule has 0 saturated heterocycles. The van der Waals surface area contributed by atoms with Crippen LogP contribution < -0.4 is 9.47 Å². The average molecular weight is 416 g/mol. The molecule has 3 rings (SSSR count). The minimum Gasteiger partial charge on any atom is -0.496 e. The Balaban J connectivity index is 2.04. The fourth-order valence-corrected chi connectivity index (χ4v) is 3.03. The highest BCUT2D eigenvalue weighted by Crippen LogP contribution is 2.32. The zero-order valence-corrected chi connectivity index (χ0v) is 17.1. The molecule has 8 nitrogen and oxygen atoms in total. The van der Waals surface area contributed by atoms with Crippen LogP contribution in [0.5, 0.6) is 17.2 Å². The van der Waals surface area contributed by atoms with E-state index in [9.17, 15) is 9.59 Å². The number of carbonyl (C=O) groups is 2. The summed E-state index contributed by atoms with van der Waals surface area (Å²) in [6.45, 7) is 1.36. The molecule has 3 aromatic carbocycles. The van der Waals surface area contributed by atoms with Gasteiger partial charge in [0.15, 0.2) is 11.5 Å². The maximum atomic E-state index is 13.4. The van der Waals surface area contributed by atoms with Crippen LogP contribution in [0.4, 0.5) is 0 Å². The maximum absolute atomic E-state index is 13.4. The number of rotatable bonds is 8. The number of azide groups is 1. The molecule has 0 radical (unpaired) electrons. The number of hydrogen-bond acceptors (Lipinski definition) is 5. The number of para-hydroxylation sites is 3. The molecule has 0 aliphatic rings. The van der Waals surface area contributed by atoms with Crippen LogP contribution in [-0.4, -0.2) is 23.8 Å². The van der Waals surface area contributed by atoms with Gasteiger partial charge in [0, 0.05) is 5.56 Å². The molecule has 0 atom stereocenters. The third kappa shape index (κ3) is 5.01. The van der Waals surface area contributed by atoms with Crippen molar-refractivity contribution in [3.05, 3.63) is 99.9 Å². The van der Waals surface area contributed by atoms with E-state index in [4.69, 9.17) is 15.0 Å². The normalized spacial score (nSPS) is 10.0. The Hall–Kier alpha value is -4.29. The van der Waals surface area contributed by atoms with E-state index < -0.39 is 5.91 Å². The van der Waals surface area contributed by atoms with Gasteiger partial charge < -0.3 is 9.47 Å². The van der Waals surface area contributed by atoms with Gasteiger partial charge in [0.05, 0.1) is 12.7 Å². The number of amides is 1. The van der Waals surface area contributed by atoms with Crippen LogP contribution in [0.15, 0.2) is 78.0 Å². The van der Waals surface area contributed by atoms with Crippen LogP contribution in [0.2, 0.25) is 0 Å². The lowest BCUT2D eigenvalue weighted by Gasteiger charge is -2.17. The number of ether oxygens (including phenoxy) is 2. The fourth-order valence-electron chi connectivity index (χ4n) is 3.03. The third-order valence-corrected chi connectivity index (χ3v) is 4.48. The lowest BCUT2D eigenvalue weighted by atomic mass is 10.0. The Bertz CT molecular complexity index is 1140. The molecule has 0 unspecified atom stereocenters. The highest BCUT2D eigenvalue weighted by atomic mass is 16.5. The number of hydrogen-bond donors (Lipinski definition) is 0. The predicted molar refractivity (Wildman–Crippen MR) is 115 cm³/mol. The summed E-state index contributed by atoms with van der Waals surface area (Å²) in [7, 11) is 1.51. The van der Waals surface area contributed by atoms with Crippen molar-refractivity contribution in [3.8, 4) is 17.2 Å². The molecule has 1 amide bonds. The summed E-state index contributed by atoms with van der Waals surface area (Å²) in [4.78, 5) is 28.3. The number of nitrogens with zero attached hydrogens (tertiary/aromatic N) is 4. The fraction of sp³-hybridized carbons (Fsp3) is 0.130. The van der Waals surface area contributed by atoms with Crippen molar-refractivity contribution in [3.63, 3.8) is 0 Å². The SMILES string of the molecule is COc1ccccc1CN(N=[N+]=[N-])C(=O)c1cccc(C(C)=O)c1Oc1ccccc1. The van der Waals surface area contributed by atoms with Gasteiger partial charge in [0.1, 0.15) is 23.6 Å². The van der Waals surface area contributed by atoms with E-state index in [1.54, 1.807) is 60.7 Å². The Kier molecular flexibility index (Phi) is 6.88. The first-order valence-corrected chi connectivity index (χ1v) is 9.40.